The first-order chi connectivity index (χ1) is 6.81. The van der Waals surface area contributed by atoms with E-state index in [-0.39, 0.29) is 6.04 Å². The van der Waals surface area contributed by atoms with Gasteiger partial charge >= 0.3 is 0 Å². The summed E-state index contributed by atoms with van der Waals surface area (Å²) in [6.07, 6.45) is 4.59. The number of rotatable bonds is 5. The molecular formula is C10H16N4. The summed E-state index contributed by atoms with van der Waals surface area (Å²) in [6.45, 7) is 5.55. The van der Waals surface area contributed by atoms with Crippen LogP contribution in [0.15, 0.2) is 12.4 Å². The molecular weight excluding hydrogens is 176 g/mol. The van der Waals surface area contributed by atoms with Gasteiger partial charge in [-0.25, -0.2) is 4.98 Å². The quantitative estimate of drug-likeness (QED) is 0.755. The zero-order valence-electron chi connectivity index (χ0n) is 8.70. The molecule has 1 heterocycles. The van der Waals surface area contributed by atoms with Gasteiger partial charge in [-0.15, -0.1) is 0 Å². The number of imidazole rings is 1. The van der Waals surface area contributed by atoms with Gasteiger partial charge in [0.25, 0.3) is 0 Å². The van der Waals surface area contributed by atoms with Crippen molar-refractivity contribution in [3.8, 4) is 6.07 Å². The molecule has 76 valence electrons. The Balaban J connectivity index is 2.62. The van der Waals surface area contributed by atoms with E-state index in [1.54, 1.807) is 6.20 Å². The van der Waals surface area contributed by atoms with Crippen molar-refractivity contribution in [2.24, 2.45) is 0 Å². The van der Waals surface area contributed by atoms with E-state index in [4.69, 9.17) is 5.26 Å². The number of nitrogens with one attached hydrogen (secondary N) is 1. The summed E-state index contributed by atoms with van der Waals surface area (Å²) in [5.41, 5.74) is 0. The molecule has 0 radical (unpaired) electrons. The molecule has 1 rings (SSSR count). The first-order valence-corrected chi connectivity index (χ1v) is 4.94. The lowest BCUT2D eigenvalue weighted by molar-refractivity contribution is 0.523. The summed E-state index contributed by atoms with van der Waals surface area (Å²) < 4.78 is 2.02. The van der Waals surface area contributed by atoms with Crippen LogP contribution in [0.2, 0.25) is 0 Å². The lowest BCUT2D eigenvalue weighted by Gasteiger charge is -2.12. The van der Waals surface area contributed by atoms with Gasteiger partial charge in [0.1, 0.15) is 11.9 Å². The monoisotopic (exact) mass is 192 g/mol. The molecule has 4 heteroatoms. The lowest BCUT2D eigenvalue weighted by atomic mass is 10.3. The third kappa shape index (κ3) is 2.57. The summed E-state index contributed by atoms with van der Waals surface area (Å²) in [7, 11) is 0. The zero-order chi connectivity index (χ0) is 10.4. The van der Waals surface area contributed by atoms with Crippen LogP contribution in [-0.2, 0) is 13.0 Å². The molecule has 1 atom stereocenters. The van der Waals surface area contributed by atoms with Gasteiger partial charge < -0.3 is 9.88 Å². The molecule has 0 spiro atoms. The van der Waals surface area contributed by atoms with E-state index in [1.165, 1.54) is 0 Å². The molecule has 4 nitrogen and oxygen atoms in total. The fourth-order valence-electron chi connectivity index (χ4n) is 1.41. The standard InChI is InChI=1S/C10H16N4/c1-3-10-13-5-6-14(10)8-9(7-11)12-4-2/h5-6,9,12H,3-4,8H2,1-2H3. The SMILES string of the molecule is CCNC(C#N)Cn1ccnc1CC. The van der Waals surface area contributed by atoms with Crippen molar-refractivity contribution in [2.75, 3.05) is 6.54 Å². The average molecular weight is 192 g/mol. The Bertz CT molecular complexity index is 310. The minimum Gasteiger partial charge on any atom is -0.332 e. The molecule has 0 aliphatic heterocycles. The maximum atomic E-state index is 8.87. The number of hydrogen-bond donors (Lipinski definition) is 1. The van der Waals surface area contributed by atoms with Crippen LogP contribution >= 0.6 is 0 Å². The van der Waals surface area contributed by atoms with Gasteiger partial charge in [0.05, 0.1) is 12.6 Å². The maximum absolute atomic E-state index is 8.87. The highest BCUT2D eigenvalue weighted by molar-refractivity contribution is 4.97. The second-order valence-electron chi connectivity index (χ2n) is 3.09. The minimum absolute atomic E-state index is 0.125. The Morgan fingerprint density at radius 1 is 1.64 bits per heavy atom. The first kappa shape index (κ1) is 10.7. The first-order valence-electron chi connectivity index (χ1n) is 4.94. The molecule has 1 aromatic rings. The van der Waals surface area contributed by atoms with E-state index in [9.17, 15) is 0 Å². The molecule has 14 heavy (non-hydrogen) atoms. The van der Waals surface area contributed by atoms with Crippen molar-refractivity contribution in [1.29, 1.82) is 5.26 Å². The molecule has 0 bridgehead atoms. The molecule has 1 aromatic heterocycles. The predicted octanol–water partition coefficient (Wildman–Crippen LogP) is 0.947. The summed E-state index contributed by atoms with van der Waals surface area (Å²) in [6, 6.07) is 2.11. The highest BCUT2D eigenvalue weighted by Crippen LogP contribution is 2.00. The number of aromatic nitrogens is 2. The Morgan fingerprint density at radius 2 is 2.43 bits per heavy atom. The zero-order valence-corrected chi connectivity index (χ0v) is 8.70. The van der Waals surface area contributed by atoms with Gasteiger partial charge in [-0.3, -0.25) is 0 Å². The molecule has 1 unspecified atom stereocenters. The van der Waals surface area contributed by atoms with Gasteiger partial charge in [0.2, 0.25) is 0 Å². The summed E-state index contributed by atoms with van der Waals surface area (Å²) in [4.78, 5) is 4.21. The molecule has 0 aromatic carbocycles. The van der Waals surface area contributed by atoms with Crippen LogP contribution in [0.5, 0.6) is 0 Å². The van der Waals surface area contributed by atoms with Crippen LogP contribution in [0.4, 0.5) is 0 Å². The smallest absolute Gasteiger partial charge is 0.113 e. The second kappa shape index (κ2) is 5.40. The summed E-state index contributed by atoms with van der Waals surface area (Å²) in [5, 5.41) is 12.0. The van der Waals surface area contributed by atoms with E-state index in [1.807, 2.05) is 17.7 Å². The second-order valence-corrected chi connectivity index (χ2v) is 3.09. The third-order valence-corrected chi connectivity index (χ3v) is 2.10. The van der Waals surface area contributed by atoms with Gasteiger partial charge in [-0.1, -0.05) is 13.8 Å². The van der Waals surface area contributed by atoms with Crippen LogP contribution in [-0.4, -0.2) is 22.1 Å². The van der Waals surface area contributed by atoms with E-state index < -0.39 is 0 Å². The Kier molecular flexibility index (Phi) is 4.14. The fraction of sp³-hybridized carbons (Fsp3) is 0.600. The molecule has 0 saturated carbocycles. The summed E-state index contributed by atoms with van der Waals surface area (Å²) >= 11 is 0. The van der Waals surface area contributed by atoms with E-state index >= 15 is 0 Å². The topological polar surface area (TPSA) is 53.6 Å². The van der Waals surface area contributed by atoms with Crippen molar-refractivity contribution < 1.29 is 0 Å². The van der Waals surface area contributed by atoms with Gasteiger partial charge in [0, 0.05) is 18.8 Å². The van der Waals surface area contributed by atoms with Crippen LogP contribution in [0, 0.1) is 11.3 Å². The lowest BCUT2D eigenvalue weighted by Crippen LogP contribution is -2.31. The van der Waals surface area contributed by atoms with Crippen LogP contribution in [0.1, 0.15) is 19.7 Å². The molecule has 0 fully saturated rings. The number of hydrogen-bond acceptors (Lipinski definition) is 3. The van der Waals surface area contributed by atoms with Crippen molar-refractivity contribution in [1.82, 2.24) is 14.9 Å². The molecule has 1 N–H and O–H groups in total. The van der Waals surface area contributed by atoms with E-state index in [2.05, 4.69) is 23.3 Å². The van der Waals surface area contributed by atoms with Crippen LogP contribution in [0.3, 0.4) is 0 Å². The van der Waals surface area contributed by atoms with Gasteiger partial charge in [-0.2, -0.15) is 5.26 Å². The third-order valence-electron chi connectivity index (χ3n) is 2.10. The number of likely N-dealkylation sites (N-methyl/N-ethyl adjacent to an activating group) is 1. The highest BCUT2D eigenvalue weighted by atomic mass is 15.1. The van der Waals surface area contributed by atoms with Crippen molar-refractivity contribution >= 4 is 0 Å². The van der Waals surface area contributed by atoms with Crippen LogP contribution in [0.25, 0.3) is 0 Å². The van der Waals surface area contributed by atoms with Gasteiger partial charge in [-0.05, 0) is 6.54 Å². The Hall–Kier alpha value is -1.34. The Labute approximate surface area is 84.6 Å². The van der Waals surface area contributed by atoms with Crippen molar-refractivity contribution in [3.63, 3.8) is 0 Å². The van der Waals surface area contributed by atoms with Crippen LogP contribution < -0.4 is 5.32 Å². The Morgan fingerprint density at radius 3 is 3.00 bits per heavy atom. The number of nitrogens with zero attached hydrogens (tertiary/aromatic N) is 3. The van der Waals surface area contributed by atoms with Gasteiger partial charge in [0.15, 0.2) is 0 Å². The highest BCUT2D eigenvalue weighted by Gasteiger charge is 2.08. The fourth-order valence-corrected chi connectivity index (χ4v) is 1.41. The maximum Gasteiger partial charge on any atom is 0.113 e. The molecule has 0 saturated heterocycles. The molecule has 0 aliphatic rings. The predicted molar refractivity (Wildman–Crippen MR) is 54.7 cm³/mol. The average Bonchev–Trinajstić information content (AvgIpc) is 2.64. The number of aryl methyl sites for hydroxylation is 1. The molecule has 0 amide bonds. The normalized spacial score (nSPS) is 12.4. The molecule has 0 aliphatic carbocycles. The number of nitriles is 1. The minimum atomic E-state index is -0.125. The van der Waals surface area contributed by atoms with Crippen molar-refractivity contribution in [2.45, 2.75) is 32.9 Å². The summed E-state index contributed by atoms with van der Waals surface area (Å²) in [5.74, 6) is 1.03. The van der Waals surface area contributed by atoms with Crippen molar-refractivity contribution in [3.05, 3.63) is 18.2 Å². The van der Waals surface area contributed by atoms with E-state index in [0.29, 0.717) is 6.54 Å². The van der Waals surface area contributed by atoms with E-state index in [0.717, 1.165) is 18.8 Å². The largest absolute Gasteiger partial charge is 0.332 e.